The van der Waals surface area contributed by atoms with Crippen LogP contribution in [0.3, 0.4) is 0 Å². The number of fused-ring (bicyclic) bond motifs is 1. The number of hydrogen-bond donors (Lipinski definition) is 1. The van der Waals surface area contributed by atoms with E-state index in [0.717, 1.165) is 23.3 Å². The molecule has 4 rings (SSSR count). The Balaban J connectivity index is 1.50. The molecule has 7 heteroatoms. The normalized spacial score (nSPS) is 14.8. The van der Waals surface area contributed by atoms with Gasteiger partial charge >= 0.3 is 0 Å². The van der Waals surface area contributed by atoms with Crippen LogP contribution in [0, 0.1) is 5.82 Å². The number of halogens is 1. The molecular weight excluding hydrogens is 373 g/mol. The number of nitrogens with one attached hydrogen (secondary N) is 1. The van der Waals surface area contributed by atoms with E-state index in [-0.39, 0.29) is 18.2 Å². The van der Waals surface area contributed by atoms with E-state index in [1.54, 1.807) is 25.6 Å². The van der Waals surface area contributed by atoms with Crippen molar-refractivity contribution in [2.45, 2.75) is 26.0 Å². The fraction of sp³-hybridized carbons (Fsp3) is 0.227. The van der Waals surface area contributed by atoms with Crippen LogP contribution in [0.4, 0.5) is 4.39 Å². The third kappa shape index (κ3) is 3.89. The summed E-state index contributed by atoms with van der Waals surface area (Å²) in [5.74, 6) is 0.349. The lowest BCUT2D eigenvalue weighted by Gasteiger charge is -2.12. The summed E-state index contributed by atoms with van der Waals surface area (Å²) in [7, 11) is 1.58. The fourth-order valence-electron chi connectivity index (χ4n) is 3.41. The highest BCUT2D eigenvalue weighted by Gasteiger charge is 2.22. The quantitative estimate of drug-likeness (QED) is 0.718. The minimum Gasteiger partial charge on any atom is -0.496 e. The van der Waals surface area contributed by atoms with Gasteiger partial charge in [0.2, 0.25) is 0 Å². The van der Waals surface area contributed by atoms with Crippen LogP contribution in [0.1, 0.15) is 28.4 Å². The summed E-state index contributed by atoms with van der Waals surface area (Å²) >= 11 is 0. The van der Waals surface area contributed by atoms with Crippen LogP contribution in [0.2, 0.25) is 0 Å². The molecule has 0 spiro atoms. The van der Waals surface area contributed by atoms with E-state index in [1.807, 2.05) is 19.1 Å². The number of rotatable bonds is 5. The van der Waals surface area contributed by atoms with E-state index in [9.17, 15) is 9.18 Å². The minimum absolute atomic E-state index is 0.0319. The van der Waals surface area contributed by atoms with Crippen LogP contribution >= 0.6 is 0 Å². The highest BCUT2D eigenvalue weighted by Crippen LogP contribution is 2.35. The van der Waals surface area contributed by atoms with E-state index < -0.39 is 11.7 Å². The maximum Gasteiger partial charge on any atom is 0.254 e. The first-order valence-electron chi connectivity index (χ1n) is 9.24. The zero-order chi connectivity index (χ0) is 20.4. The van der Waals surface area contributed by atoms with Crippen molar-refractivity contribution in [3.63, 3.8) is 0 Å². The minimum atomic E-state index is -0.609. The molecule has 2 heterocycles. The SMILES string of the molecule is COc1cc2c(cc1CNC(=O)c1ccc(-c3cncnc3)cc1F)OC(C)C2. The summed E-state index contributed by atoms with van der Waals surface area (Å²) in [5, 5.41) is 2.75. The molecule has 0 bridgehead atoms. The summed E-state index contributed by atoms with van der Waals surface area (Å²) in [5.41, 5.74) is 3.10. The van der Waals surface area contributed by atoms with Gasteiger partial charge in [0.15, 0.2) is 0 Å². The van der Waals surface area contributed by atoms with Crippen molar-refractivity contribution < 1.29 is 18.7 Å². The fourth-order valence-corrected chi connectivity index (χ4v) is 3.41. The van der Waals surface area contributed by atoms with Gasteiger partial charge in [-0.05, 0) is 36.8 Å². The first-order chi connectivity index (χ1) is 14.0. The predicted molar refractivity (Wildman–Crippen MR) is 105 cm³/mol. The van der Waals surface area contributed by atoms with Crippen LogP contribution in [0.5, 0.6) is 11.5 Å². The summed E-state index contributed by atoms with van der Waals surface area (Å²) in [6.45, 7) is 2.20. The first kappa shape index (κ1) is 18.9. The molecule has 1 amide bonds. The molecule has 3 aromatic rings. The van der Waals surface area contributed by atoms with Gasteiger partial charge < -0.3 is 14.8 Å². The number of methoxy groups -OCH3 is 1. The smallest absolute Gasteiger partial charge is 0.254 e. The van der Waals surface area contributed by atoms with Gasteiger partial charge in [-0.25, -0.2) is 14.4 Å². The van der Waals surface area contributed by atoms with E-state index in [2.05, 4.69) is 15.3 Å². The van der Waals surface area contributed by atoms with Crippen molar-refractivity contribution in [2.24, 2.45) is 0 Å². The molecule has 0 fully saturated rings. The van der Waals surface area contributed by atoms with Gasteiger partial charge in [-0.3, -0.25) is 4.79 Å². The molecule has 1 atom stereocenters. The monoisotopic (exact) mass is 393 g/mol. The van der Waals surface area contributed by atoms with Crippen LogP contribution < -0.4 is 14.8 Å². The van der Waals surface area contributed by atoms with Crippen LogP contribution in [0.15, 0.2) is 49.1 Å². The van der Waals surface area contributed by atoms with E-state index in [0.29, 0.717) is 16.9 Å². The van der Waals surface area contributed by atoms with Gasteiger partial charge in [-0.1, -0.05) is 6.07 Å². The van der Waals surface area contributed by atoms with Crippen molar-refractivity contribution >= 4 is 5.91 Å². The molecule has 1 unspecified atom stereocenters. The summed E-state index contributed by atoms with van der Waals surface area (Å²) in [6.07, 6.45) is 5.51. The standard InChI is InChI=1S/C22H20FN3O3/c1-13-5-15-7-20(28-2)16(8-21(15)29-13)11-26-22(27)18-4-3-14(6-19(18)23)17-9-24-12-25-10-17/h3-4,6-10,12-13H,5,11H2,1-2H3,(H,26,27). The van der Waals surface area contributed by atoms with Crippen molar-refractivity contribution in [1.82, 2.24) is 15.3 Å². The van der Waals surface area contributed by atoms with E-state index >= 15 is 0 Å². The summed E-state index contributed by atoms with van der Waals surface area (Å²) < 4.78 is 25.7. The topological polar surface area (TPSA) is 73.3 Å². The number of nitrogens with zero attached hydrogens (tertiary/aromatic N) is 2. The molecule has 1 aliphatic heterocycles. The van der Waals surface area contributed by atoms with Crippen molar-refractivity contribution in [3.05, 3.63) is 71.6 Å². The van der Waals surface area contributed by atoms with Crippen molar-refractivity contribution in [2.75, 3.05) is 7.11 Å². The molecule has 1 aromatic heterocycles. The molecule has 2 aromatic carbocycles. The Morgan fingerprint density at radius 2 is 2.03 bits per heavy atom. The van der Waals surface area contributed by atoms with Gasteiger partial charge in [0.25, 0.3) is 5.91 Å². The molecule has 1 aliphatic rings. The van der Waals surface area contributed by atoms with E-state index in [4.69, 9.17) is 9.47 Å². The highest BCUT2D eigenvalue weighted by molar-refractivity contribution is 5.95. The lowest BCUT2D eigenvalue weighted by Crippen LogP contribution is -2.24. The lowest BCUT2D eigenvalue weighted by atomic mass is 10.0. The van der Waals surface area contributed by atoms with Crippen molar-refractivity contribution in [3.8, 4) is 22.6 Å². The second-order valence-electron chi connectivity index (χ2n) is 6.91. The predicted octanol–water partition coefficient (Wildman–Crippen LogP) is 3.54. The average Bonchev–Trinajstić information content (AvgIpc) is 3.10. The number of carbonyl (C=O) groups excluding carboxylic acids is 1. The second kappa shape index (κ2) is 7.87. The van der Waals surface area contributed by atoms with Crippen LogP contribution in [0.25, 0.3) is 11.1 Å². The first-order valence-corrected chi connectivity index (χ1v) is 9.24. The Kier molecular flexibility index (Phi) is 5.12. The molecule has 0 saturated heterocycles. The highest BCUT2D eigenvalue weighted by atomic mass is 19.1. The maximum absolute atomic E-state index is 14.5. The molecule has 148 valence electrons. The Bertz CT molecular complexity index is 1060. The molecular formula is C22H20FN3O3. The van der Waals surface area contributed by atoms with Gasteiger partial charge in [-0.15, -0.1) is 0 Å². The van der Waals surface area contributed by atoms with Gasteiger partial charge in [0, 0.05) is 42.0 Å². The number of aromatic nitrogens is 2. The third-order valence-electron chi connectivity index (χ3n) is 4.85. The molecule has 1 N–H and O–H groups in total. The Hall–Kier alpha value is -3.48. The van der Waals surface area contributed by atoms with Gasteiger partial charge in [0.05, 0.1) is 12.7 Å². The third-order valence-corrected chi connectivity index (χ3v) is 4.85. The molecule has 29 heavy (non-hydrogen) atoms. The number of benzene rings is 2. The summed E-state index contributed by atoms with van der Waals surface area (Å²) in [4.78, 5) is 20.4. The van der Waals surface area contributed by atoms with Crippen LogP contribution in [-0.2, 0) is 13.0 Å². The van der Waals surface area contributed by atoms with Gasteiger partial charge in [0.1, 0.15) is 29.7 Å². The van der Waals surface area contributed by atoms with Crippen molar-refractivity contribution in [1.29, 1.82) is 0 Å². The van der Waals surface area contributed by atoms with Gasteiger partial charge in [-0.2, -0.15) is 0 Å². The molecule has 6 nitrogen and oxygen atoms in total. The molecule has 0 saturated carbocycles. The van der Waals surface area contributed by atoms with Crippen LogP contribution in [-0.4, -0.2) is 29.1 Å². The van der Waals surface area contributed by atoms with E-state index in [1.165, 1.54) is 18.5 Å². The number of ether oxygens (including phenoxy) is 2. The number of hydrogen-bond acceptors (Lipinski definition) is 5. The number of carbonyl (C=O) groups is 1. The largest absolute Gasteiger partial charge is 0.496 e. The number of amides is 1. The Labute approximate surface area is 167 Å². The Morgan fingerprint density at radius 3 is 2.76 bits per heavy atom. The zero-order valence-electron chi connectivity index (χ0n) is 16.1. The second-order valence-corrected chi connectivity index (χ2v) is 6.91. The molecule has 0 radical (unpaired) electrons. The maximum atomic E-state index is 14.5. The zero-order valence-corrected chi connectivity index (χ0v) is 16.1. The lowest BCUT2D eigenvalue weighted by molar-refractivity contribution is 0.0946. The molecule has 0 aliphatic carbocycles. The summed E-state index contributed by atoms with van der Waals surface area (Å²) in [6, 6.07) is 8.23. The Morgan fingerprint density at radius 1 is 1.24 bits per heavy atom. The average molecular weight is 393 g/mol.